The SMILES string of the molecule is O=CNc1ccc2c(c1)[nH]c1cc(OCCO)ccc12. The number of carbonyl (C=O) groups excluding carboxylic acids is 1. The van der Waals surface area contributed by atoms with Gasteiger partial charge < -0.3 is 20.1 Å². The van der Waals surface area contributed by atoms with Crippen LogP contribution >= 0.6 is 0 Å². The number of carbonyl (C=O) groups is 1. The Hall–Kier alpha value is -2.53. The van der Waals surface area contributed by atoms with E-state index < -0.39 is 0 Å². The lowest BCUT2D eigenvalue weighted by molar-refractivity contribution is -0.105. The average Bonchev–Trinajstić information content (AvgIpc) is 2.82. The summed E-state index contributed by atoms with van der Waals surface area (Å²) in [4.78, 5) is 13.8. The fourth-order valence-electron chi connectivity index (χ4n) is 2.30. The van der Waals surface area contributed by atoms with Gasteiger partial charge in [0.1, 0.15) is 12.4 Å². The third-order valence-electron chi connectivity index (χ3n) is 3.16. The van der Waals surface area contributed by atoms with E-state index in [-0.39, 0.29) is 13.2 Å². The number of rotatable bonds is 5. The Labute approximate surface area is 115 Å². The Kier molecular flexibility index (Phi) is 3.26. The minimum Gasteiger partial charge on any atom is -0.491 e. The second-order valence-corrected chi connectivity index (χ2v) is 4.43. The van der Waals surface area contributed by atoms with Crippen LogP contribution in [0.4, 0.5) is 5.69 Å². The third-order valence-corrected chi connectivity index (χ3v) is 3.16. The van der Waals surface area contributed by atoms with Gasteiger partial charge in [-0.1, -0.05) is 6.07 Å². The Morgan fingerprint density at radius 3 is 2.65 bits per heavy atom. The maximum absolute atomic E-state index is 10.5. The van der Waals surface area contributed by atoms with E-state index in [9.17, 15) is 4.79 Å². The number of aliphatic hydroxyl groups excluding tert-OH is 1. The summed E-state index contributed by atoms with van der Waals surface area (Å²) < 4.78 is 5.39. The van der Waals surface area contributed by atoms with Crippen molar-refractivity contribution >= 4 is 33.9 Å². The summed E-state index contributed by atoms with van der Waals surface area (Å²) in [7, 11) is 0. The molecule has 0 bridgehead atoms. The lowest BCUT2D eigenvalue weighted by Crippen LogP contribution is -2.01. The highest BCUT2D eigenvalue weighted by atomic mass is 16.5. The molecular formula is C15H14N2O3. The standard InChI is InChI=1S/C15H14N2O3/c18-5-6-20-11-2-4-13-12-3-1-10(16-9-19)7-14(12)17-15(13)8-11/h1-4,7-9,17-18H,5-6H2,(H,16,19). The minimum atomic E-state index is -0.00847. The zero-order chi connectivity index (χ0) is 13.9. The number of aromatic nitrogens is 1. The van der Waals surface area contributed by atoms with Crippen molar-refractivity contribution in [2.24, 2.45) is 0 Å². The van der Waals surface area contributed by atoms with Gasteiger partial charge in [-0.3, -0.25) is 4.79 Å². The number of benzene rings is 2. The van der Waals surface area contributed by atoms with Crippen LogP contribution in [0.15, 0.2) is 36.4 Å². The van der Waals surface area contributed by atoms with Crippen molar-refractivity contribution in [3.05, 3.63) is 36.4 Å². The molecule has 20 heavy (non-hydrogen) atoms. The summed E-state index contributed by atoms with van der Waals surface area (Å²) >= 11 is 0. The molecule has 0 spiro atoms. The summed E-state index contributed by atoms with van der Waals surface area (Å²) in [6.45, 7) is 0.268. The fraction of sp³-hybridized carbons (Fsp3) is 0.133. The molecular weight excluding hydrogens is 256 g/mol. The highest BCUT2D eigenvalue weighted by molar-refractivity contribution is 6.08. The molecule has 0 fully saturated rings. The Bertz CT molecular complexity index is 764. The molecule has 0 aliphatic heterocycles. The molecule has 3 N–H and O–H groups in total. The highest BCUT2D eigenvalue weighted by Crippen LogP contribution is 2.29. The van der Waals surface area contributed by atoms with Gasteiger partial charge in [-0.25, -0.2) is 0 Å². The second-order valence-electron chi connectivity index (χ2n) is 4.43. The predicted octanol–water partition coefficient (Wildman–Crippen LogP) is 2.26. The number of nitrogens with one attached hydrogen (secondary N) is 2. The molecule has 1 amide bonds. The molecule has 0 atom stereocenters. The van der Waals surface area contributed by atoms with Crippen molar-refractivity contribution in [2.45, 2.75) is 0 Å². The average molecular weight is 270 g/mol. The predicted molar refractivity (Wildman–Crippen MR) is 78.1 cm³/mol. The van der Waals surface area contributed by atoms with Crippen molar-refractivity contribution in [2.75, 3.05) is 18.5 Å². The van der Waals surface area contributed by atoms with Crippen molar-refractivity contribution in [3.63, 3.8) is 0 Å². The van der Waals surface area contributed by atoms with Crippen molar-refractivity contribution in [1.82, 2.24) is 4.98 Å². The molecule has 0 aliphatic carbocycles. The maximum atomic E-state index is 10.5. The van der Waals surface area contributed by atoms with E-state index in [4.69, 9.17) is 9.84 Å². The van der Waals surface area contributed by atoms with Crippen LogP contribution in [0, 0.1) is 0 Å². The van der Waals surface area contributed by atoms with Crippen molar-refractivity contribution in [3.8, 4) is 5.75 Å². The molecule has 5 heteroatoms. The number of hydrogen-bond donors (Lipinski definition) is 3. The van der Waals surface area contributed by atoms with Gasteiger partial charge in [0, 0.05) is 28.0 Å². The molecule has 0 saturated heterocycles. The number of aliphatic hydroxyl groups is 1. The summed E-state index contributed by atoms with van der Waals surface area (Å²) in [6.07, 6.45) is 0.657. The minimum absolute atomic E-state index is 0.00847. The second kappa shape index (κ2) is 5.22. The third kappa shape index (κ3) is 2.19. The first kappa shape index (κ1) is 12.5. The van der Waals surface area contributed by atoms with E-state index in [1.165, 1.54) is 0 Å². The van der Waals surface area contributed by atoms with Gasteiger partial charge in [0.2, 0.25) is 6.41 Å². The van der Waals surface area contributed by atoms with Crippen LogP contribution in [0.5, 0.6) is 5.75 Å². The zero-order valence-electron chi connectivity index (χ0n) is 10.7. The molecule has 102 valence electrons. The maximum Gasteiger partial charge on any atom is 0.211 e. The van der Waals surface area contributed by atoms with Crippen molar-refractivity contribution < 1.29 is 14.6 Å². The van der Waals surface area contributed by atoms with E-state index in [2.05, 4.69) is 10.3 Å². The molecule has 3 rings (SSSR count). The van der Waals surface area contributed by atoms with E-state index in [0.717, 1.165) is 27.5 Å². The van der Waals surface area contributed by atoms with Gasteiger partial charge in [-0.2, -0.15) is 0 Å². The number of ether oxygens (including phenoxy) is 1. The first-order chi connectivity index (χ1) is 9.81. The monoisotopic (exact) mass is 270 g/mol. The van der Waals surface area contributed by atoms with Gasteiger partial charge in [0.05, 0.1) is 12.1 Å². The highest BCUT2D eigenvalue weighted by Gasteiger charge is 2.06. The number of amides is 1. The van der Waals surface area contributed by atoms with Crippen LogP contribution in [0.25, 0.3) is 21.8 Å². The van der Waals surface area contributed by atoms with Crippen molar-refractivity contribution in [1.29, 1.82) is 0 Å². The van der Waals surface area contributed by atoms with Gasteiger partial charge in [0.25, 0.3) is 0 Å². The largest absolute Gasteiger partial charge is 0.491 e. The quantitative estimate of drug-likeness (QED) is 0.622. The van der Waals surface area contributed by atoms with E-state index >= 15 is 0 Å². The number of hydrogen-bond acceptors (Lipinski definition) is 3. The Balaban J connectivity index is 2.07. The lowest BCUT2D eigenvalue weighted by atomic mass is 10.1. The van der Waals surface area contributed by atoms with Crippen LogP contribution in [0.1, 0.15) is 0 Å². The molecule has 2 aromatic carbocycles. The number of H-pyrrole nitrogens is 1. The molecule has 0 saturated carbocycles. The van der Waals surface area contributed by atoms with Crippen LogP contribution in [-0.4, -0.2) is 29.7 Å². The van der Waals surface area contributed by atoms with Gasteiger partial charge in [0.15, 0.2) is 0 Å². The zero-order valence-corrected chi connectivity index (χ0v) is 10.7. The summed E-state index contributed by atoms with van der Waals surface area (Å²) in [5.74, 6) is 0.712. The molecule has 5 nitrogen and oxygen atoms in total. The van der Waals surface area contributed by atoms with E-state index in [1.807, 2.05) is 36.4 Å². The molecule has 0 aliphatic rings. The molecule has 1 heterocycles. The van der Waals surface area contributed by atoms with Crippen LogP contribution < -0.4 is 10.1 Å². The first-order valence-electron chi connectivity index (χ1n) is 6.31. The number of anilines is 1. The molecule has 0 unspecified atom stereocenters. The van der Waals surface area contributed by atoms with Gasteiger partial charge >= 0.3 is 0 Å². The topological polar surface area (TPSA) is 74.4 Å². The van der Waals surface area contributed by atoms with Gasteiger partial charge in [-0.05, 0) is 24.3 Å². The van der Waals surface area contributed by atoms with Crippen LogP contribution in [0.3, 0.4) is 0 Å². The molecule has 1 aromatic heterocycles. The van der Waals surface area contributed by atoms with E-state index in [1.54, 1.807) is 0 Å². The van der Waals surface area contributed by atoms with Gasteiger partial charge in [-0.15, -0.1) is 0 Å². The molecule has 3 aromatic rings. The lowest BCUT2D eigenvalue weighted by Gasteiger charge is -2.03. The number of aromatic amines is 1. The van der Waals surface area contributed by atoms with Crippen LogP contribution in [-0.2, 0) is 4.79 Å². The number of fused-ring (bicyclic) bond motifs is 3. The summed E-state index contributed by atoms with van der Waals surface area (Å²) in [5, 5.41) is 13.6. The Morgan fingerprint density at radius 1 is 1.15 bits per heavy atom. The first-order valence-corrected chi connectivity index (χ1v) is 6.31. The summed E-state index contributed by atoms with van der Waals surface area (Å²) in [6, 6.07) is 11.5. The van der Waals surface area contributed by atoms with Crippen LogP contribution in [0.2, 0.25) is 0 Å². The normalized spacial score (nSPS) is 10.8. The fourth-order valence-corrected chi connectivity index (χ4v) is 2.30. The summed E-state index contributed by atoms with van der Waals surface area (Å²) in [5.41, 5.74) is 2.65. The Morgan fingerprint density at radius 2 is 1.90 bits per heavy atom. The van der Waals surface area contributed by atoms with E-state index in [0.29, 0.717) is 12.2 Å². The molecule has 0 radical (unpaired) electrons. The smallest absolute Gasteiger partial charge is 0.211 e.